The van der Waals surface area contributed by atoms with Crippen molar-refractivity contribution in [2.24, 2.45) is 5.73 Å². The van der Waals surface area contributed by atoms with Crippen molar-refractivity contribution < 1.29 is 9.47 Å². The third-order valence-electron chi connectivity index (χ3n) is 3.24. The molecule has 16 heavy (non-hydrogen) atoms. The molecule has 86 valence electrons. The Balaban J connectivity index is 1.78. The maximum Gasteiger partial charge on any atom is 0.231 e. The topological polar surface area (TPSA) is 47.7 Å². The molecule has 0 atom stereocenters. The van der Waals surface area contributed by atoms with Gasteiger partial charge in [-0.3, -0.25) is 0 Å². The summed E-state index contributed by atoms with van der Waals surface area (Å²) in [5.41, 5.74) is 7.26. The van der Waals surface area contributed by atoms with Crippen LogP contribution in [0.3, 0.4) is 0 Å². The smallest absolute Gasteiger partial charge is 0.231 e. The third kappa shape index (κ3) is 1.69. The Hall–Kier alpha value is -1.42. The van der Waals surface area contributed by atoms with E-state index in [9.17, 15) is 0 Å². The number of fused-ring (bicyclic) bond motifs is 1. The largest absolute Gasteiger partial charge is 0.454 e. The first-order valence-corrected chi connectivity index (χ1v) is 5.56. The van der Waals surface area contributed by atoms with Gasteiger partial charge in [0, 0.05) is 30.9 Å². The highest BCUT2D eigenvalue weighted by Gasteiger charge is 2.39. The SMILES string of the molecule is CN(CC1(N)CC1)c1ccc2c(c1)OCO2. The molecule has 0 saturated heterocycles. The fourth-order valence-electron chi connectivity index (χ4n) is 2.00. The molecule has 0 unspecified atom stereocenters. The molecule has 3 rings (SSSR count). The van der Waals surface area contributed by atoms with E-state index in [-0.39, 0.29) is 5.54 Å². The van der Waals surface area contributed by atoms with Crippen molar-refractivity contribution in [3.8, 4) is 11.5 Å². The number of hydrogen-bond donors (Lipinski definition) is 1. The van der Waals surface area contributed by atoms with Crippen molar-refractivity contribution >= 4 is 5.69 Å². The lowest BCUT2D eigenvalue weighted by atomic mass is 10.2. The van der Waals surface area contributed by atoms with Crippen LogP contribution >= 0.6 is 0 Å². The molecule has 2 aliphatic rings. The van der Waals surface area contributed by atoms with Crippen LogP contribution in [-0.2, 0) is 0 Å². The summed E-state index contributed by atoms with van der Waals surface area (Å²) in [6.07, 6.45) is 2.25. The molecule has 1 fully saturated rings. The van der Waals surface area contributed by atoms with Gasteiger partial charge < -0.3 is 20.1 Å². The fraction of sp³-hybridized carbons (Fsp3) is 0.500. The van der Waals surface area contributed by atoms with Crippen LogP contribution in [0.25, 0.3) is 0 Å². The minimum atomic E-state index is 0.0329. The summed E-state index contributed by atoms with van der Waals surface area (Å²) < 4.78 is 10.6. The molecule has 1 aromatic rings. The van der Waals surface area contributed by atoms with Crippen LogP contribution in [0.15, 0.2) is 18.2 Å². The molecule has 1 aliphatic carbocycles. The lowest BCUT2D eigenvalue weighted by Gasteiger charge is -2.23. The van der Waals surface area contributed by atoms with E-state index < -0.39 is 0 Å². The maximum atomic E-state index is 6.10. The Morgan fingerprint density at radius 1 is 1.31 bits per heavy atom. The van der Waals surface area contributed by atoms with Gasteiger partial charge in [0.05, 0.1) is 0 Å². The predicted octanol–water partition coefficient (Wildman–Crippen LogP) is 1.34. The fourth-order valence-corrected chi connectivity index (χ4v) is 2.00. The van der Waals surface area contributed by atoms with Crippen LogP contribution < -0.4 is 20.1 Å². The zero-order valence-corrected chi connectivity index (χ0v) is 9.40. The number of nitrogens with zero attached hydrogens (tertiary/aromatic N) is 1. The highest BCUT2D eigenvalue weighted by molar-refractivity contribution is 5.57. The van der Waals surface area contributed by atoms with Crippen molar-refractivity contribution in [1.29, 1.82) is 0 Å². The molecule has 0 bridgehead atoms. The molecule has 1 aliphatic heterocycles. The summed E-state index contributed by atoms with van der Waals surface area (Å²) in [6, 6.07) is 6.00. The van der Waals surface area contributed by atoms with Crippen LogP contribution in [0.4, 0.5) is 5.69 Å². The van der Waals surface area contributed by atoms with E-state index in [0.717, 1.165) is 36.6 Å². The summed E-state index contributed by atoms with van der Waals surface area (Å²) in [4.78, 5) is 2.18. The third-order valence-corrected chi connectivity index (χ3v) is 3.24. The first-order valence-electron chi connectivity index (χ1n) is 5.56. The molecular formula is C12H16N2O2. The molecular weight excluding hydrogens is 204 g/mol. The second-order valence-electron chi connectivity index (χ2n) is 4.76. The van der Waals surface area contributed by atoms with E-state index in [1.807, 2.05) is 18.2 Å². The van der Waals surface area contributed by atoms with E-state index in [0.29, 0.717) is 6.79 Å². The van der Waals surface area contributed by atoms with E-state index >= 15 is 0 Å². The molecule has 1 heterocycles. The minimum Gasteiger partial charge on any atom is -0.454 e. The van der Waals surface area contributed by atoms with E-state index in [2.05, 4.69) is 11.9 Å². The van der Waals surface area contributed by atoms with Crippen LogP contribution in [0.1, 0.15) is 12.8 Å². The second-order valence-corrected chi connectivity index (χ2v) is 4.76. The highest BCUT2D eigenvalue weighted by atomic mass is 16.7. The summed E-state index contributed by atoms with van der Waals surface area (Å²) in [6.45, 7) is 1.22. The number of likely N-dealkylation sites (N-methyl/N-ethyl adjacent to an activating group) is 1. The van der Waals surface area contributed by atoms with Crippen molar-refractivity contribution in [3.63, 3.8) is 0 Å². The summed E-state index contributed by atoms with van der Waals surface area (Å²) >= 11 is 0. The zero-order valence-electron chi connectivity index (χ0n) is 9.40. The second kappa shape index (κ2) is 3.28. The van der Waals surface area contributed by atoms with E-state index in [1.54, 1.807) is 0 Å². The first-order chi connectivity index (χ1) is 7.66. The average molecular weight is 220 g/mol. The summed E-state index contributed by atoms with van der Waals surface area (Å²) in [7, 11) is 2.06. The first kappa shape index (κ1) is 9.78. The maximum absolute atomic E-state index is 6.10. The number of ether oxygens (including phenoxy) is 2. The molecule has 2 N–H and O–H groups in total. The van der Waals surface area contributed by atoms with Gasteiger partial charge in [-0.1, -0.05) is 0 Å². The van der Waals surface area contributed by atoms with Gasteiger partial charge >= 0.3 is 0 Å². The number of hydrogen-bond acceptors (Lipinski definition) is 4. The van der Waals surface area contributed by atoms with Gasteiger partial charge in [0.15, 0.2) is 11.5 Å². The Kier molecular flexibility index (Phi) is 2.01. The Morgan fingerprint density at radius 3 is 2.81 bits per heavy atom. The molecule has 0 amide bonds. The Bertz CT molecular complexity index is 415. The molecule has 0 aromatic heterocycles. The van der Waals surface area contributed by atoms with Gasteiger partial charge in [0.2, 0.25) is 6.79 Å². The molecule has 4 heteroatoms. The molecule has 4 nitrogen and oxygen atoms in total. The van der Waals surface area contributed by atoms with Crippen LogP contribution in [0.2, 0.25) is 0 Å². The quantitative estimate of drug-likeness (QED) is 0.835. The summed E-state index contributed by atoms with van der Waals surface area (Å²) in [5.74, 6) is 1.65. The lowest BCUT2D eigenvalue weighted by molar-refractivity contribution is 0.174. The number of benzene rings is 1. The number of anilines is 1. The van der Waals surface area contributed by atoms with Crippen LogP contribution in [0.5, 0.6) is 11.5 Å². The van der Waals surface area contributed by atoms with Crippen LogP contribution in [-0.4, -0.2) is 25.9 Å². The molecule has 1 saturated carbocycles. The van der Waals surface area contributed by atoms with Gasteiger partial charge in [0.1, 0.15) is 0 Å². The van der Waals surface area contributed by atoms with Gasteiger partial charge in [-0.2, -0.15) is 0 Å². The van der Waals surface area contributed by atoms with Gasteiger partial charge in [-0.15, -0.1) is 0 Å². The van der Waals surface area contributed by atoms with Crippen molar-refractivity contribution in [1.82, 2.24) is 0 Å². The van der Waals surface area contributed by atoms with E-state index in [1.165, 1.54) is 0 Å². The lowest BCUT2D eigenvalue weighted by Crippen LogP contribution is -2.37. The Labute approximate surface area is 94.9 Å². The highest BCUT2D eigenvalue weighted by Crippen LogP contribution is 2.37. The van der Waals surface area contributed by atoms with Crippen molar-refractivity contribution in [3.05, 3.63) is 18.2 Å². The number of nitrogens with two attached hydrogens (primary N) is 1. The average Bonchev–Trinajstić information content (AvgIpc) is 2.82. The van der Waals surface area contributed by atoms with Gasteiger partial charge in [-0.25, -0.2) is 0 Å². The number of rotatable bonds is 3. The standard InChI is InChI=1S/C12H16N2O2/c1-14(7-12(13)4-5-12)9-2-3-10-11(6-9)16-8-15-10/h2-3,6H,4-5,7-8,13H2,1H3. The molecule has 0 spiro atoms. The van der Waals surface area contributed by atoms with Crippen LogP contribution in [0, 0.1) is 0 Å². The molecule has 1 aromatic carbocycles. The predicted molar refractivity (Wildman–Crippen MR) is 62.0 cm³/mol. The summed E-state index contributed by atoms with van der Waals surface area (Å²) in [5, 5.41) is 0. The molecule has 0 radical (unpaired) electrons. The van der Waals surface area contributed by atoms with Crippen molar-refractivity contribution in [2.45, 2.75) is 18.4 Å². The Morgan fingerprint density at radius 2 is 2.06 bits per heavy atom. The van der Waals surface area contributed by atoms with Crippen molar-refractivity contribution in [2.75, 3.05) is 25.3 Å². The van der Waals surface area contributed by atoms with Gasteiger partial charge in [0.25, 0.3) is 0 Å². The monoisotopic (exact) mass is 220 g/mol. The van der Waals surface area contributed by atoms with E-state index in [4.69, 9.17) is 15.2 Å². The van der Waals surface area contributed by atoms with Gasteiger partial charge in [-0.05, 0) is 25.0 Å². The minimum absolute atomic E-state index is 0.0329. The zero-order chi connectivity index (χ0) is 11.2. The normalized spacial score (nSPS) is 19.6.